The highest BCUT2D eigenvalue weighted by atomic mass is 35.5. The van der Waals surface area contributed by atoms with E-state index in [0.717, 1.165) is 12.8 Å². The molecule has 0 saturated carbocycles. The van der Waals surface area contributed by atoms with Gasteiger partial charge in [-0.25, -0.2) is 8.78 Å². The van der Waals surface area contributed by atoms with Gasteiger partial charge in [0.2, 0.25) is 5.82 Å². The van der Waals surface area contributed by atoms with Gasteiger partial charge in [-0.15, -0.1) is 12.4 Å². The van der Waals surface area contributed by atoms with Crippen molar-refractivity contribution in [2.24, 2.45) is 5.73 Å². The van der Waals surface area contributed by atoms with Gasteiger partial charge in [0, 0.05) is 19.1 Å². The highest BCUT2D eigenvalue weighted by molar-refractivity contribution is 5.95. The van der Waals surface area contributed by atoms with Gasteiger partial charge in [0.15, 0.2) is 17.4 Å². The van der Waals surface area contributed by atoms with Crippen molar-refractivity contribution < 1.29 is 23.1 Å². The van der Waals surface area contributed by atoms with Crippen molar-refractivity contribution in [3.8, 4) is 5.75 Å². The second-order valence-electron chi connectivity index (χ2n) is 4.77. The first-order valence-electron chi connectivity index (χ1n) is 6.34. The minimum atomic E-state index is -1.70. The van der Waals surface area contributed by atoms with E-state index in [2.05, 4.69) is 0 Å². The summed E-state index contributed by atoms with van der Waals surface area (Å²) in [7, 11) is 0. The number of halogens is 4. The van der Waals surface area contributed by atoms with Crippen molar-refractivity contribution in [2.45, 2.75) is 25.3 Å². The van der Waals surface area contributed by atoms with Crippen molar-refractivity contribution in [1.82, 2.24) is 4.90 Å². The summed E-state index contributed by atoms with van der Waals surface area (Å²) in [5.74, 6) is -6.88. The molecule has 0 radical (unpaired) electrons. The van der Waals surface area contributed by atoms with Crippen LogP contribution in [0.3, 0.4) is 0 Å². The first-order chi connectivity index (χ1) is 9.47. The van der Waals surface area contributed by atoms with Crippen molar-refractivity contribution in [3.63, 3.8) is 0 Å². The number of piperidine rings is 1. The Bertz CT molecular complexity index is 543. The van der Waals surface area contributed by atoms with Gasteiger partial charge in [0.1, 0.15) is 0 Å². The van der Waals surface area contributed by atoms with Gasteiger partial charge < -0.3 is 15.7 Å². The van der Waals surface area contributed by atoms with Crippen molar-refractivity contribution in [1.29, 1.82) is 0 Å². The number of carbonyl (C=O) groups excluding carboxylic acids is 1. The van der Waals surface area contributed by atoms with Gasteiger partial charge in [-0.05, 0) is 25.3 Å². The molecule has 0 spiro atoms. The monoisotopic (exact) mass is 324 g/mol. The SMILES string of the molecule is Cl.NCC1CCCCN1C(=O)c1cc(F)c(F)c(O)c1F. The molecule has 0 aliphatic carbocycles. The summed E-state index contributed by atoms with van der Waals surface area (Å²) in [6, 6.07) is 0.209. The van der Waals surface area contributed by atoms with Crippen LogP contribution in [0.4, 0.5) is 13.2 Å². The Hall–Kier alpha value is -1.47. The van der Waals surface area contributed by atoms with Crippen LogP contribution >= 0.6 is 12.4 Å². The minimum Gasteiger partial charge on any atom is -0.503 e. The van der Waals surface area contributed by atoms with E-state index in [1.165, 1.54) is 4.90 Å². The third kappa shape index (κ3) is 3.24. The van der Waals surface area contributed by atoms with Crippen LogP contribution in [0.25, 0.3) is 0 Å². The number of phenols is 1. The van der Waals surface area contributed by atoms with Crippen LogP contribution in [-0.4, -0.2) is 35.0 Å². The summed E-state index contributed by atoms with van der Waals surface area (Å²) in [5, 5.41) is 9.15. The number of aromatic hydroxyl groups is 1. The molecular formula is C13H16ClF3N2O2. The summed E-state index contributed by atoms with van der Waals surface area (Å²) in [6.07, 6.45) is 2.32. The molecule has 1 fully saturated rings. The van der Waals surface area contributed by atoms with E-state index >= 15 is 0 Å². The molecule has 3 N–H and O–H groups in total. The van der Waals surface area contributed by atoms with Crippen LogP contribution in [0.5, 0.6) is 5.75 Å². The fraction of sp³-hybridized carbons (Fsp3) is 0.462. The van der Waals surface area contributed by atoms with E-state index in [-0.39, 0.29) is 25.0 Å². The lowest BCUT2D eigenvalue weighted by molar-refractivity contribution is 0.0616. The van der Waals surface area contributed by atoms with E-state index in [1.54, 1.807) is 0 Å². The molecule has 0 aromatic heterocycles. The second kappa shape index (κ2) is 7.00. The lowest BCUT2D eigenvalue weighted by Crippen LogP contribution is -2.47. The Balaban J connectivity index is 0.00000220. The van der Waals surface area contributed by atoms with Gasteiger partial charge in [-0.3, -0.25) is 4.79 Å². The van der Waals surface area contributed by atoms with Crippen LogP contribution in [0.2, 0.25) is 0 Å². The molecule has 21 heavy (non-hydrogen) atoms. The largest absolute Gasteiger partial charge is 0.503 e. The van der Waals surface area contributed by atoms with Crippen LogP contribution in [0.1, 0.15) is 29.6 Å². The number of nitrogens with zero attached hydrogens (tertiary/aromatic N) is 1. The zero-order chi connectivity index (χ0) is 14.9. The number of rotatable bonds is 2. The van der Waals surface area contributed by atoms with E-state index in [4.69, 9.17) is 10.8 Å². The summed E-state index contributed by atoms with van der Waals surface area (Å²) < 4.78 is 40.0. The lowest BCUT2D eigenvalue weighted by atomic mass is 10.0. The molecule has 1 heterocycles. The molecule has 1 aromatic carbocycles. The summed E-state index contributed by atoms with van der Waals surface area (Å²) in [4.78, 5) is 13.6. The first kappa shape index (κ1) is 17.6. The second-order valence-corrected chi connectivity index (χ2v) is 4.77. The fourth-order valence-corrected chi connectivity index (χ4v) is 2.41. The third-order valence-corrected chi connectivity index (χ3v) is 3.52. The number of amides is 1. The zero-order valence-electron chi connectivity index (χ0n) is 11.1. The van der Waals surface area contributed by atoms with Gasteiger partial charge in [0.05, 0.1) is 5.56 Å². The Labute approximate surface area is 126 Å². The number of likely N-dealkylation sites (tertiary alicyclic amines) is 1. The van der Waals surface area contributed by atoms with E-state index in [9.17, 15) is 18.0 Å². The number of nitrogens with two attached hydrogens (primary N) is 1. The maximum absolute atomic E-state index is 13.7. The first-order valence-corrected chi connectivity index (χ1v) is 6.34. The van der Waals surface area contributed by atoms with Gasteiger partial charge >= 0.3 is 0 Å². The number of hydrogen-bond acceptors (Lipinski definition) is 3. The molecule has 8 heteroatoms. The molecule has 2 rings (SSSR count). The van der Waals surface area contributed by atoms with E-state index in [0.29, 0.717) is 19.0 Å². The highest BCUT2D eigenvalue weighted by Crippen LogP contribution is 2.28. The molecule has 1 aliphatic rings. The molecule has 1 saturated heterocycles. The van der Waals surface area contributed by atoms with Crippen molar-refractivity contribution in [2.75, 3.05) is 13.1 Å². The smallest absolute Gasteiger partial charge is 0.257 e. The third-order valence-electron chi connectivity index (χ3n) is 3.52. The van der Waals surface area contributed by atoms with E-state index in [1.807, 2.05) is 0 Å². The normalized spacial score (nSPS) is 18.3. The Morgan fingerprint density at radius 1 is 1.33 bits per heavy atom. The standard InChI is InChI=1S/C13H15F3N2O2.ClH/c14-9-5-8(10(15)12(19)11(9)16)13(20)18-4-2-1-3-7(18)6-17;/h5,7,19H,1-4,6,17H2;1H. The molecule has 1 amide bonds. The molecule has 0 bridgehead atoms. The lowest BCUT2D eigenvalue weighted by Gasteiger charge is -2.35. The number of phenolic OH excluding ortho intramolecular Hbond substituents is 1. The average Bonchev–Trinajstić information content (AvgIpc) is 2.48. The molecule has 1 atom stereocenters. The molecule has 1 aliphatic heterocycles. The van der Waals surface area contributed by atoms with Crippen LogP contribution in [0, 0.1) is 17.5 Å². The summed E-state index contributed by atoms with van der Waals surface area (Å²) >= 11 is 0. The quantitative estimate of drug-likeness (QED) is 0.819. The fourth-order valence-electron chi connectivity index (χ4n) is 2.41. The predicted octanol–water partition coefficient (Wildman–Crippen LogP) is 2.18. The average molecular weight is 325 g/mol. The molecule has 4 nitrogen and oxygen atoms in total. The summed E-state index contributed by atoms with van der Waals surface area (Å²) in [5.41, 5.74) is 4.88. The highest BCUT2D eigenvalue weighted by Gasteiger charge is 2.30. The van der Waals surface area contributed by atoms with Gasteiger partial charge in [0.25, 0.3) is 5.91 Å². The maximum Gasteiger partial charge on any atom is 0.257 e. The number of carbonyl (C=O) groups is 1. The summed E-state index contributed by atoms with van der Waals surface area (Å²) in [6.45, 7) is 0.586. The van der Waals surface area contributed by atoms with Crippen LogP contribution in [0.15, 0.2) is 6.07 Å². The van der Waals surface area contributed by atoms with Crippen LogP contribution in [-0.2, 0) is 0 Å². The number of hydrogen-bond donors (Lipinski definition) is 2. The topological polar surface area (TPSA) is 66.6 Å². The molecule has 1 aromatic rings. The van der Waals surface area contributed by atoms with Crippen molar-refractivity contribution >= 4 is 18.3 Å². The van der Waals surface area contributed by atoms with Gasteiger partial charge in [-0.2, -0.15) is 4.39 Å². The predicted molar refractivity (Wildman–Crippen MR) is 73.0 cm³/mol. The van der Waals surface area contributed by atoms with E-state index < -0.39 is 34.7 Å². The molecule has 118 valence electrons. The van der Waals surface area contributed by atoms with Crippen LogP contribution < -0.4 is 5.73 Å². The Kier molecular flexibility index (Phi) is 5.86. The zero-order valence-corrected chi connectivity index (χ0v) is 11.9. The van der Waals surface area contributed by atoms with Gasteiger partial charge in [-0.1, -0.05) is 0 Å². The number of benzene rings is 1. The molecular weight excluding hydrogens is 309 g/mol. The maximum atomic E-state index is 13.7. The molecule has 1 unspecified atom stereocenters. The minimum absolute atomic E-state index is 0. The Morgan fingerprint density at radius 2 is 2.00 bits per heavy atom. The van der Waals surface area contributed by atoms with Crippen molar-refractivity contribution in [3.05, 3.63) is 29.1 Å². The Morgan fingerprint density at radius 3 is 2.62 bits per heavy atom.